The van der Waals surface area contributed by atoms with Crippen LogP contribution in [-0.2, 0) is 11.8 Å². The summed E-state index contributed by atoms with van der Waals surface area (Å²) in [6.07, 6.45) is 8.86. The minimum Gasteiger partial charge on any atom is -0.444 e. The van der Waals surface area contributed by atoms with Gasteiger partial charge in [0.2, 0.25) is 12.3 Å². The van der Waals surface area contributed by atoms with Crippen LogP contribution in [0.1, 0.15) is 52.1 Å². The molecule has 0 atom stereocenters. The molecule has 0 radical (unpaired) electrons. The molecule has 2 aliphatic rings. The van der Waals surface area contributed by atoms with Gasteiger partial charge >= 0.3 is 6.09 Å². The van der Waals surface area contributed by atoms with Gasteiger partial charge in [0.25, 0.3) is 5.89 Å². The molecule has 1 saturated carbocycles. The number of rotatable bonds is 6. The number of nitrogens with one attached hydrogen (secondary N) is 2. The Hall–Kier alpha value is -3.74. The topological polar surface area (TPSA) is 139 Å². The minimum absolute atomic E-state index is 0.218. The second-order valence-electron chi connectivity index (χ2n) is 11.3. The van der Waals surface area contributed by atoms with E-state index in [-0.39, 0.29) is 12.1 Å². The van der Waals surface area contributed by atoms with Gasteiger partial charge < -0.3 is 24.7 Å². The molecule has 5 rings (SSSR count). The van der Waals surface area contributed by atoms with Crippen molar-refractivity contribution in [2.24, 2.45) is 7.05 Å². The standard InChI is InChI=1S/C26H38N10O3/c1-17-21(23-33-27-16-38-23)22(32-24(29-17)31-19-14-28-34(5)15-19)30-18-6-8-20(9-7-18)35-10-12-36(13-11-35)25(37)39-26(2,3)4/h14-16,18,20H,6-13H2,1-5H3,(H2,29,30,31,32). The van der Waals surface area contributed by atoms with Crippen molar-refractivity contribution in [1.29, 1.82) is 0 Å². The Balaban J connectivity index is 1.21. The maximum Gasteiger partial charge on any atom is 0.410 e. The maximum atomic E-state index is 12.4. The fourth-order valence-electron chi connectivity index (χ4n) is 5.26. The SMILES string of the molecule is Cc1nc(Nc2cnn(C)c2)nc(NC2CCC(N3CCN(C(=O)OC(C)(C)C)CC3)CC2)c1-c1nnco1. The van der Waals surface area contributed by atoms with E-state index in [1.807, 2.05) is 45.8 Å². The average Bonchev–Trinajstić information content (AvgIpc) is 3.55. The van der Waals surface area contributed by atoms with Crippen molar-refractivity contribution >= 4 is 23.5 Å². The summed E-state index contributed by atoms with van der Waals surface area (Å²) in [6, 6.07) is 0.765. The summed E-state index contributed by atoms with van der Waals surface area (Å²) in [7, 11) is 1.86. The first-order valence-corrected chi connectivity index (χ1v) is 13.5. The molecule has 210 valence electrons. The van der Waals surface area contributed by atoms with E-state index in [0.717, 1.165) is 50.2 Å². The number of nitrogens with zero attached hydrogens (tertiary/aromatic N) is 8. The Bertz CT molecular complexity index is 1250. The molecular weight excluding hydrogens is 500 g/mol. The van der Waals surface area contributed by atoms with Crippen molar-refractivity contribution in [2.45, 2.75) is 71.1 Å². The molecule has 1 saturated heterocycles. The highest BCUT2D eigenvalue weighted by atomic mass is 16.6. The highest BCUT2D eigenvalue weighted by Crippen LogP contribution is 2.33. The molecular formula is C26H38N10O3. The third-order valence-corrected chi connectivity index (χ3v) is 7.14. The third-order valence-electron chi connectivity index (χ3n) is 7.14. The van der Waals surface area contributed by atoms with Gasteiger partial charge in [-0.3, -0.25) is 9.58 Å². The van der Waals surface area contributed by atoms with Gasteiger partial charge in [0, 0.05) is 51.5 Å². The van der Waals surface area contributed by atoms with Crippen molar-refractivity contribution in [1.82, 2.24) is 39.7 Å². The van der Waals surface area contributed by atoms with Crippen LogP contribution in [0.3, 0.4) is 0 Å². The second-order valence-corrected chi connectivity index (χ2v) is 11.3. The van der Waals surface area contributed by atoms with Crippen molar-refractivity contribution in [2.75, 3.05) is 36.8 Å². The molecule has 3 aromatic heterocycles. The van der Waals surface area contributed by atoms with Crippen LogP contribution in [-0.4, -0.2) is 89.7 Å². The normalized spacial score (nSPS) is 20.6. The van der Waals surface area contributed by atoms with Gasteiger partial charge in [-0.1, -0.05) is 0 Å². The molecule has 2 N–H and O–H groups in total. The van der Waals surface area contributed by atoms with E-state index in [4.69, 9.17) is 14.1 Å². The number of carbonyl (C=O) groups is 1. The van der Waals surface area contributed by atoms with E-state index in [9.17, 15) is 4.79 Å². The van der Waals surface area contributed by atoms with Gasteiger partial charge in [-0.15, -0.1) is 10.2 Å². The van der Waals surface area contributed by atoms with E-state index < -0.39 is 5.60 Å². The molecule has 2 fully saturated rings. The van der Waals surface area contributed by atoms with Gasteiger partial charge in [-0.25, -0.2) is 9.78 Å². The summed E-state index contributed by atoms with van der Waals surface area (Å²) < 4.78 is 12.8. The number of amides is 1. The lowest BCUT2D eigenvalue weighted by atomic mass is 9.89. The molecule has 0 spiro atoms. The number of hydrogen-bond donors (Lipinski definition) is 2. The van der Waals surface area contributed by atoms with E-state index in [1.54, 1.807) is 10.9 Å². The van der Waals surface area contributed by atoms with Crippen LogP contribution >= 0.6 is 0 Å². The first-order valence-electron chi connectivity index (χ1n) is 13.5. The zero-order chi connectivity index (χ0) is 27.6. The monoisotopic (exact) mass is 538 g/mol. The lowest BCUT2D eigenvalue weighted by Crippen LogP contribution is -2.53. The number of ether oxygens (including phenoxy) is 1. The van der Waals surface area contributed by atoms with E-state index >= 15 is 0 Å². The Labute approximate surface area is 228 Å². The van der Waals surface area contributed by atoms with Gasteiger partial charge in [0.15, 0.2) is 0 Å². The molecule has 0 bridgehead atoms. The summed E-state index contributed by atoms with van der Waals surface area (Å²) in [4.78, 5) is 26.2. The molecule has 0 unspecified atom stereocenters. The largest absolute Gasteiger partial charge is 0.444 e. The van der Waals surface area contributed by atoms with Crippen LogP contribution in [0, 0.1) is 6.92 Å². The summed E-state index contributed by atoms with van der Waals surface area (Å²) in [5.41, 5.74) is 1.78. The maximum absolute atomic E-state index is 12.4. The first-order chi connectivity index (χ1) is 18.6. The Kier molecular flexibility index (Phi) is 7.69. The van der Waals surface area contributed by atoms with Crippen LogP contribution in [0.5, 0.6) is 0 Å². The minimum atomic E-state index is -0.471. The van der Waals surface area contributed by atoms with Crippen LogP contribution in [0.15, 0.2) is 23.2 Å². The fourth-order valence-corrected chi connectivity index (χ4v) is 5.26. The smallest absolute Gasteiger partial charge is 0.410 e. The Morgan fingerprint density at radius 3 is 2.46 bits per heavy atom. The average molecular weight is 539 g/mol. The van der Waals surface area contributed by atoms with E-state index in [2.05, 4.69) is 35.8 Å². The highest BCUT2D eigenvalue weighted by molar-refractivity contribution is 5.73. The molecule has 1 aliphatic carbocycles. The predicted octanol–water partition coefficient (Wildman–Crippen LogP) is 3.59. The second kappa shape index (κ2) is 11.2. The van der Waals surface area contributed by atoms with Gasteiger partial charge in [0.1, 0.15) is 17.0 Å². The quantitative estimate of drug-likeness (QED) is 0.476. The molecule has 13 heteroatoms. The first kappa shape index (κ1) is 26.9. The molecule has 1 aliphatic heterocycles. The third kappa shape index (κ3) is 6.64. The van der Waals surface area contributed by atoms with Crippen molar-refractivity contribution in [3.63, 3.8) is 0 Å². The Morgan fingerprint density at radius 2 is 1.85 bits per heavy atom. The van der Waals surface area contributed by atoms with E-state index in [1.165, 1.54) is 6.39 Å². The summed E-state index contributed by atoms with van der Waals surface area (Å²) >= 11 is 0. The molecule has 3 aromatic rings. The van der Waals surface area contributed by atoms with Crippen LogP contribution in [0.2, 0.25) is 0 Å². The molecule has 4 heterocycles. The zero-order valence-corrected chi connectivity index (χ0v) is 23.3. The summed E-state index contributed by atoms with van der Waals surface area (Å²) in [5, 5.41) is 19.1. The van der Waals surface area contributed by atoms with Crippen LogP contribution in [0.4, 0.5) is 22.2 Å². The number of aromatic nitrogens is 6. The number of hydrogen-bond acceptors (Lipinski definition) is 11. The lowest BCUT2D eigenvalue weighted by molar-refractivity contribution is 0.00806. The van der Waals surface area contributed by atoms with E-state index in [0.29, 0.717) is 42.4 Å². The zero-order valence-electron chi connectivity index (χ0n) is 23.3. The predicted molar refractivity (Wildman–Crippen MR) is 146 cm³/mol. The van der Waals surface area contributed by atoms with Gasteiger partial charge in [-0.05, 0) is 53.4 Å². The Morgan fingerprint density at radius 1 is 1.10 bits per heavy atom. The van der Waals surface area contributed by atoms with Gasteiger partial charge in [0.05, 0.1) is 17.6 Å². The number of piperazine rings is 1. The summed E-state index contributed by atoms with van der Waals surface area (Å²) in [6.45, 7) is 10.8. The number of aryl methyl sites for hydroxylation is 2. The van der Waals surface area contributed by atoms with Crippen LogP contribution in [0.25, 0.3) is 11.5 Å². The molecule has 39 heavy (non-hydrogen) atoms. The lowest BCUT2D eigenvalue weighted by Gasteiger charge is -2.42. The molecule has 13 nitrogen and oxygen atoms in total. The fraction of sp³-hybridized carbons (Fsp3) is 0.615. The number of anilines is 3. The number of carbonyl (C=O) groups excluding carboxylic acids is 1. The van der Waals surface area contributed by atoms with Crippen molar-refractivity contribution in [3.8, 4) is 11.5 Å². The molecule has 1 amide bonds. The summed E-state index contributed by atoms with van der Waals surface area (Å²) in [5.74, 6) is 1.54. The molecule has 0 aromatic carbocycles. The highest BCUT2D eigenvalue weighted by Gasteiger charge is 2.32. The van der Waals surface area contributed by atoms with Crippen molar-refractivity contribution < 1.29 is 13.9 Å². The van der Waals surface area contributed by atoms with Crippen LogP contribution < -0.4 is 10.6 Å². The van der Waals surface area contributed by atoms with Gasteiger partial charge in [-0.2, -0.15) is 10.1 Å². The van der Waals surface area contributed by atoms with Crippen molar-refractivity contribution in [3.05, 3.63) is 24.5 Å².